The summed E-state index contributed by atoms with van der Waals surface area (Å²) in [6.45, 7) is 3.72. The van der Waals surface area contributed by atoms with Crippen LogP contribution in [-0.4, -0.2) is 0 Å². The molecule has 0 spiro atoms. The molecule has 0 atom stereocenters. The monoisotopic (exact) mass is 91.1 g/mol. The van der Waals surface area contributed by atoms with Crippen LogP contribution in [0.15, 0.2) is 30.3 Å². The zero-order valence-electron chi connectivity index (χ0n) is 4.09. The Labute approximate surface area is 43.8 Å². The van der Waals surface area contributed by atoms with Gasteiger partial charge in [-0.25, -0.2) is 0 Å². The summed E-state index contributed by atoms with van der Waals surface area (Å²) in [4.78, 5) is 0. The van der Waals surface area contributed by atoms with Crippen molar-refractivity contribution in [3.8, 4) is 0 Å². The first kappa shape index (κ1) is 4.25. The van der Waals surface area contributed by atoms with Crippen LogP contribution in [0.2, 0.25) is 0 Å². The predicted octanol–water partition coefficient (Wildman–Crippen LogP) is 1.87. The van der Waals surface area contributed by atoms with E-state index in [4.69, 9.17) is 0 Å². The van der Waals surface area contributed by atoms with Gasteiger partial charge >= 0.3 is 0 Å². The molecule has 0 amide bonds. The lowest BCUT2D eigenvalue weighted by Crippen LogP contribution is -1.62. The molecular weight excluding hydrogens is 84.1 g/mol. The van der Waals surface area contributed by atoms with Crippen molar-refractivity contribution < 1.29 is 0 Å². The number of hydrogen-bond acceptors (Lipinski definition) is 0. The standard InChI is InChI=1S/C7H7/c1-7-5-3-2-4-6-7/h2-6H,1H2/q-1. The van der Waals surface area contributed by atoms with Crippen LogP contribution < -0.4 is 0 Å². The zero-order valence-corrected chi connectivity index (χ0v) is 4.09. The fourth-order valence-electron chi connectivity index (χ4n) is 0.478. The second kappa shape index (κ2) is 1.69. The lowest BCUT2D eigenvalue weighted by Gasteiger charge is -1.93. The first-order chi connectivity index (χ1) is 3.39. The third kappa shape index (κ3) is 0.967. The highest BCUT2D eigenvalue weighted by molar-refractivity contribution is 5.16. The summed E-state index contributed by atoms with van der Waals surface area (Å²) in [5.41, 5.74) is 1.07. The molecule has 1 aromatic carbocycles. The predicted molar refractivity (Wildman–Crippen MR) is 30.9 cm³/mol. The van der Waals surface area contributed by atoms with Crippen LogP contribution in [0, 0.1) is 6.92 Å². The summed E-state index contributed by atoms with van der Waals surface area (Å²) in [6.07, 6.45) is 0. The summed E-state index contributed by atoms with van der Waals surface area (Å²) in [5, 5.41) is 0. The topological polar surface area (TPSA) is 0 Å². The van der Waals surface area contributed by atoms with Gasteiger partial charge in [0, 0.05) is 0 Å². The quantitative estimate of drug-likeness (QED) is 0.427. The Balaban J connectivity index is 3.02. The van der Waals surface area contributed by atoms with E-state index in [2.05, 4.69) is 6.92 Å². The van der Waals surface area contributed by atoms with Crippen molar-refractivity contribution in [1.82, 2.24) is 0 Å². The van der Waals surface area contributed by atoms with Crippen LogP contribution in [0.3, 0.4) is 0 Å². The molecule has 0 radical (unpaired) electrons. The summed E-state index contributed by atoms with van der Waals surface area (Å²) in [5.74, 6) is 0. The fourth-order valence-corrected chi connectivity index (χ4v) is 0.478. The molecule has 36 valence electrons. The maximum atomic E-state index is 3.72. The lowest BCUT2D eigenvalue weighted by atomic mass is 10.2. The Bertz CT molecular complexity index is 130. The minimum absolute atomic E-state index is 1.07. The molecule has 0 aliphatic rings. The number of benzene rings is 1. The Hall–Kier alpha value is -0.910. The second-order valence-corrected chi connectivity index (χ2v) is 1.49. The second-order valence-electron chi connectivity index (χ2n) is 1.49. The first-order valence-corrected chi connectivity index (χ1v) is 2.26. The Morgan fingerprint density at radius 1 is 1.00 bits per heavy atom. The van der Waals surface area contributed by atoms with Crippen LogP contribution >= 0.6 is 0 Å². The van der Waals surface area contributed by atoms with E-state index in [0.29, 0.717) is 0 Å². The van der Waals surface area contributed by atoms with Gasteiger partial charge < -0.3 is 0 Å². The largest absolute Gasteiger partial charge is 0.199 e. The molecule has 0 aliphatic carbocycles. The Kier molecular flexibility index (Phi) is 1.03. The van der Waals surface area contributed by atoms with Gasteiger partial charge in [-0.15, -0.1) is 12.1 Å². The lowest BCUT2D eigenvalue weighted by molar-refractivity contribution is 1.62. The highest BCUT2D eigenvalue weighted by Gasteiger charge is 1.61. The van der Waals surface area contributed by atoms with Gasteiger partial charge in [0.25, 0.3) is 0 Å². The Morgan fingerprint density at radius 2 is 1.57 bits per heavy atom. The summed E-state index contributed by atoms with van der Waals surface area (Å²) >= 11 is 0. The molecule has 0 saturated carbocycles. The molecule has 0 heterocycles. The molecule has 1 aromatic rings. The maximum absolute atomic E-state index is 3.72. The van der Waals surface area contributed by atoms with E-state index in [9.17, 15) is 0 Å². The third-order valence-electron chi connectivity index (χ3n) is 0.843. The molecule has 0 aliphatic heterocycles. The molecule has 0 unspecified atom stereocenters. The van der Waals surface area contributed by atoms with E-state index >= 15 is 0 Å². The minimum atomic E-state index is 1.07. The molecule has 0 nitrogen and oxygen atoms in total. The third-order valence-corrected chi connectivity index (χ3v) is 0.843. The molecular formula is C7H7-. The fraction of sp³-hybridized carbons (Fsp3) is 0. The highest BCUT2D eigenvalue weighted by atomic mass is 13.8. The van der Waals surface area contributed by atoms with E-state index < -0.39 is 0 Å². The van der Waals surface area contributed by atoms with E-state index in [1.807, 2.05) is 30.3 Å². The van der Waals surface area contributed by atoms with Gasteiger partial charge in [0.2, 0.25) is 0 Å². The van der Waals surface area contributed by atoms with Crippen LogP contribution in [0.25, 0.3) is 0 Å². The summed E-state index contributed by atoms with van der Waals surface area (Å²) in [6, 6.07) is 9.87. The van der Waals surface area contributed by atoms with Crippen LogP contribution in [0.4, 0.5) is 0 Å². The summed E-state index contributed by atoms with van der Waals surface area (Å²) < 4.78 is 0. The van der Waals surface area contributed by atoms with E-state index in [0.717, 1.165) is 5.56 Å². The minimum Gasteiger partial charge on any atom is -0.199 e. The normalized spacial score (nSPS) is 8.57. The van der Waals surface area contributed by atoms with Crippen molar-refractivity contribution in [3.63, 3.8) is 0 Å². The van der Waals surface area contributed by atoms with Crippen molar-refractivity contribution in [3.05, 3.63) is 42.8 Å². The van der Waals surface area contributed by atoms with Crippen LogP contribution in [0.5, 0.6) is 0 Å². The van der Waals surface area contributed by atoms with Gasteiger partial charge in [0.15, 0.2) is 0 Å². The average Bonchev–Trinajstić information content (AvgIpc) is 1.69. The smallest absolute Gasteiger partial charge is 0.0866 e. The van der Waals surface area contributed by atoms with Gasteiger partial charge in [-0.05, 0) is 0 Å². The van der Waals surface area contributed by atoms with Crippen molar-refractivity contribution in [2.75, 3.05) is 0 Å². The van der Waals surface area contributed by atoms with E-state index in [1.54, 1.807) is 0 Å². The van der Waals surface area contributed by atoms with Gasteiger partial charge in [0.05, 0.1) is 0 Å². The maximum Gasteiger partial charge on any atom is -0.0866 e. The van der Waals surface area contributed by atoms with Crippen LogP contribution in [0.1, 0.15) is 5.56 Å². The van der Waals surface area contributed by atoms with Crippen molar-refractivity contribution >= 4 is 0 Å². The number of hydrogen-bond donors (Lipinski definition) is 0. The molecule has 0 N–H and O–H groups in total. The molecule has 0 bridgehead atoms. The van der Waals surface area contributed by atoms with Crippen LogP contribution in [-0.2, 0) is 0 Å². The SMILES string of the molecule is [CH2-]c1ccccc1. The van der Waals surface area contributed by atoms with Crippen molar-refractivity contribution in [2.24, 2.45) is 0 Å². The molecule has 0 heteroatoms. The van der Waals surface area contributed by atoms with Gasteiger partial charge in [-0.1, -0.05) is 6.07 Å². The molecule has 1 rings (SSSR count). The summed E-state index contributed by atoms with van der Waals surface area (Å²) in [7, 11) is 0. The average molecular weight is 91.1 g/mol. The molecule has 7 heavy (non-hydrogen) atoms. The van der Waals surface area contributed by atoms with Gasteiger partial charge in [-0.3, -0.25) is 0 Å². The van der Waals surface area contributed by atoms with E-state index in [-0.39, 0.29) is 0 Å². The van der Waals surface area contributed by atoms with Crippen molar-refractivity contribution in [1.29, 1.82) is 0 Å². The van der Waals surface area contributed by atoms with Gasteiger partial charge in [0.1, 0.15) is 0 Å². The highest BCUT2D eigenvalue weighted by Crippen LogP contribution is 1.92. The first-order valence-electron chi connectivity index (χ1n) is 2.26. The molecule has 0 saturated heterocycles. The number of rotatable bonds is 0. The van der Waals surface area contributed by atoms with Gasteiger partial charge in [-0.2, -0.15) is 24.6 Å². The zero-order chi connectivity index (χ0) is 5.11. The molecule has 0 aromatic heterocycles. The van der Waals surface area contributed by atoms with E-state index in [1.165, 1.54) is 0 Å². The Morgan fingerprint density at radius 3 is 1.86 bits per heavy atom. The van der Waals surface area contributed by atoms with Crippen molar-refractivity contribution in [2.45, 2.75) is 0 Å². The molecule has 0 fully saturated rings.